The van der Waals surface area contributed by atoms with Gasteiger partial charge in [0.2, 0.25) is 11.8 Å². The minimum absolute atomic E-state index is 0.0761. The van der Waals surface area contributed by atoms with Crippen LogP contribution in [-0.4, -0.2) is 43.0 Å². The topological polar surface area (TPSA) is 58.6 Å². The van der Waals surface area contributed by atoms with Crippen LogP contribution in [0.2, 0.25) is 5.02 Å². The number of halogens is 1. The first-order chi connectivity index (χ1) is 10.0. The van der Waals surface area contributed by atoms with Crippen molar-refractivity contribution in [2.24, 2.45) is 0 Å². The lowest BCUT2D eigenvalue weighted by Crippen LogP contribution is -2.32. The number of benzene rings is 1. The maximum Gasteiger partial charge on any atom is 0.233 e. The first-order valence-electron chi connectivity index (χ1n) is 6.86. The second kappa shape index (κ2) is 6.91. The third kappa shape index (κ3) is 3.95. The molecule has 21 heavy (non-hydrogen) atoms. The van der Waals surface area contributed by atoms with Crippen molar-refractivity contribution in [3.05, 3.63) is 28.8 Å². The zero-order valence-corrected chi connectivity index (χ0v) is 12.9. The molecule has 0 bridgehead atoms. The number of methoxy groups -OCH3 is 1. The molecular formula is C15H19ClN2O3. The summed E-state index contributed by atoms with van der Waals surface area (Å²) in [7, 11) is 1.63. The lowest BCUT2D eigenvalue weighted by atomic mass is 10.2. The fraction of sp³-hybridized carbons (Fsp3) is 0.467. The van der Waals surface area contributed by atoms with Gasteiger partial charge in [0.15, 0.2) is 0 Å². The highest BCUT2D eigenvalue weighted by molar-refractivity contribution is 6.31. The molecule has 1 aliphatic heterocycles. The van der Waals surface area contributed by atoms with E-state index in [1.165, 1.54) is 0 Å². The number of likely N-dealkylation sites (tertiary alicyclic amines) is 1. The van der Waals surface area contributed by atoms with Gasteiger partial charge in [-0.15, -0.1) is 0 Å². The number of rotatable bonds is 4. The molecule has 0 aliphatic carbocycles. The molecule has 0 spiro atoms. The van der Waals surface area contributed by atoms with Crippen molar-refractivity contribution < 1.29 is 14.3 Å². The molecule has 1 aromatic rings. The monoisotopic (exact) mass is 310 g/mol. The molecule has 1 aromatic carbocycles. The highest BCUT2D eigenvalue weighted by atomic mass is 35.5. The van der Waals surface area contributed by atoms with E-state index >= 15 is 0 Å². The summed E-state index contributed by atoms with van der Waals surface area (Å²) in [6.07, 6.45) is 0.729. The van der Waals surface area contributed by atoms with Crippen molar-refractivity contribution in [3.63, 3.8) is 0 Å². The van der Waals surface area contributed by atoms with E-state index in [-0.39, 0.29) is 24.3 Å². The molecule has 0 radical (unpaired) electrons. The molecule has 1 aliphatic rings. The van der Waals surface area contributed by atoms with Gasteiger partial charge in [0.25, 0.3) is 0 Å². The van der Waals surface area contributed by atoms with Crippen LogP contribution < -0.4 is 5.32 Å². The Morgan fingerprint density at radius 2 is 2.24 bits per heavy atom. The van der Waals surface area contributed by atoms with Crippen molar-refractivity contribution in [2.45, 2.75) is 25.9 Å². The molecule has 1 saturated heterocycles. The standard InChI is InChI=1S/C15H19ClN2O3/c1-10-12(16)4-3-5-13(10)17-14(19)8-15(20)18-7-6-11(9-18)21-2/h3-5,11H,6-9H2,1-2H3,(H,17,19). The predicted molar refractivity (Wildman–Crippen MR) is 81.4 cm³/mol. The van der Waals surface area contributed by atoms with Crippen LogP contribution in [-0.2, 0) is 14.3 Å². The Morgan fingerprint density at radius 3 is 2.90 bits per heavy atom. The Kier molecular flexibility index (Phi) is 5.20. The molecule has 1 unspecified atom stereocenters. The SMILES string of the molecule is COC1CCN(C(=O)CC(=O)Nc2cccc(Cl)c2C)C1. The molecule has 1 heterocycles. The predicted octanol–water partition coefficient (Wildman–Crippen LogP) is 2.22. The maximum atomic E-state index is 12.0. The highest BCUT2D eigenvalue weighted by Gasteiger charge is 2.27. The summed E-state index contributed by atoms with van der Waals surface area (Å²) in [6, 6.07) is 5.28. The van der Waals surface area contributed by atoms with Gasteiger partial charge in [-0.25, -0.2) is 0 Å². The van der Waals surface area contributed by atoms with Gasteiger partial charge in [-0.1, -0.05) is 17.7 Å². The third-order valence-corrected chi connectivity index (χ3v) is 4.09. The van der Waals surface area contributed by atoms with Crippen molar-refractivity contribution in [1.82, 2.24) is 4.90 Å². The van der Waals surface area contributed by atoms with Crippen LogP contribution in [0.25, 0.3) is 0 Å². The summed E-state index contributed by atoms with van der Waals surface area (Å²) in [5.41, 5.74) is 1.43. The smallest absolute Gasteiger partial charge is 0.233 e. The van der Waals surface area contributed by atoms with Gasteiger partial charge >= 0.3 is 0 Å². The number of hydrogen-bond acceptors (Lipinski definition) is 3. The lowest BCUT2D eigenvalue weighted by Gasteiger charge is -2.16. The van der Waals surface area contributed by atoms with Gasteiger partial charge in [0.1, 0.15) is 6.42 Å². The number of carbonyl (C=O) groups excluding carboxylic acids is 2. The minimum Gasteiger partial charge on any atom is -0.380 e. The summed E-state index contributed by atoms with van der Waals surface area (Å²) in [5, 5.41) is 3.31. The van der Waals surface area contributed by atoms with Crippen LogP contribution in [0.4, 0.5) is 5.69 Å². The zero-order chi connectivity index (χ0) is 15.4. The van der Waals surface area contributed by atoms with Crippen molar-refractivity contribution in [1.29, 1.82) is 0 Å². The van der Waals surface area contributed by atoms with Crippen molar-refractivity contribution >= 4 is 29.1 Å². The molecule has 0 saturated carbocycles. The van der Waals surface area contributed by atoms with Gasteiger partial charge < -0.3 is 15.0 Å². The van der Waals surface area contributed by atoms with E-state index < -0.39 is 0 Å². The van der Waals surface area contributed by atoms with Crippen LogP contribution in [0.1, 0.15) is 18.4 Å². The molecule has 114 valence electrons. The van der Waals surface area contributed by atoms with Crippen LogP contribution in [0.5, 0.6) is 0 Å². The van der Waals surface area contributed by atoms with Crippen LogP contribution in [0.15, 0.2) is 18.2 Å². The van der Waals surface area contributed by atoms with E-state index in [2.05, 4.69) is 5.32 Å². The van der Waals surface area contributed by atoms with Crippen molar-refractivity contribution in [3.8, 4) is 0 Å². The van der Waals surface area contributed by atoms with E-state index in [4.69, 9.17) is 16.3 Å². The zero-order valence-electron chi connectivity index (χ0n) is 12.2. The Morgan fingerprint density at radius 1 is 1.48 bits per heavy atom. The molecule has 0 aromatic heterocycles. The molecule has 5 nitrogen and oxygen atoms in total. The molecule has 6 heteroatoms. The quantitative estimate of drug-likeness (QED) is 0.868. The second-order valence-electron chi connectivity index (χ2n) is 5.12. The largest absolute Gasteiger partial charge is 0.380 e. The fourth-order valence-electron chi connectivity index (χ4n) is 2.33. The summed E-state index contributed by atoms with van der Waals surface area (Å²) >= 11 is 6.00. The van der Waals surface area contributed by atoms with Gasteiger partial charge in [0.05, 0.1) is 6.10 Å². The molecule has 1 atom stereocenters. The van der Waals surface area contributed by atoms with E-state index in [0.29, 0.717) is 23.8 Å². The lowest BCUT2D eigenvalue weighted by molar-refractivity contribution is -0.134. The van der Waals surface area contributed by atoms with E-state index in [1.54, 1.807) is 30.2 Å². The van der Waals surface area contributed by atoms with Crippen LogP contribution in [0.3, 0.4) is 0 Å². The normalized spacial score (nSPS) is 17.9. The molecule has 2 amide bonds. The molecule has 2 rings (SSSR count). The Labute approximate surface area is 129 Å². The number of anilines is 1. The second-order valence-corrected chi connectivity index (χ2v) is 5.53. The highest BCUT2D eigenvalue weighted by Crippen LogP contribution is 2.23. The minimum atomic E-state index is -0.328. The van der Waals surface area contributed by atoms with Gasteiger partial charge in [-0.05, 0) is 31.0 Å². The molecule has 1 N–H and O–H groups in total. The van der Waals surface area contributed by atoms with Gasteiger partial charge in [-0.2, -0.15) is 0 Å². The summed E-state index contributed by atoms with van der Waals surface area (Å²) in [4.78, 5) is 25.7. The first-order valence-corrected chi connectivity index (χ1v) is 7.24. The Bertz CT molecular complexity index is 548. The third-order valence-electron chi connectivity index (χ3n) is 3.68. The average Bonchev–Trinajstić information content (AvgIpc) is 2.93. The number of amides is 2. The van der Waals surface area contributed by atoms with Gasteiger partial charge in [-0.3, -0.25) is 9.59 Å². The molecule has 1 fully saturated rings. The number of ether oxygens (including phenoxy) is 1. The van der Waals surface area contributed by atoms with Gasteiger partial charge in [0, 0.05) is 30.9 Å². The number of nitrogens with zero attached hydrogens (tertiary/aromatic N) is 1. The van der Waals surface area contributed by atoms with Crippen LogP contribution >= 0.6 is 11.6 Å². The van der Waals surface area contributed by atoms with E-state index in [1.807, 2.05) is 6.92 Å². The molecular weight excluding hydrogens is 292 g/mol. The van der Waals surface area contributed by atoms with E-state index in [0.717, 1.165) is 12.0 Å². The number of carbonyl (C=O) groups is 2. The van der Waals surface area contributed by atoms with Crippen molar-refractivity contribution in [2.75, 3.05) is 25.5 Å². The maximum absolute atomic E-state index is 12.0. The first kappa shape index (κ1) is 15.8. The van der Waals surface area contributed by atoms with E-state index in [9.17, 15) is 9.59 Å². The Hall–Kier alpha value is -1.59. The number of hydrogen-bond donors (Lipinski definition) is 1. The summed E-state index contributed by atoms with van der Waals surface area (Å²) in [5.74, 6) is -0.502. The summed E-state index contributed by atoms with van der Waals surface area (Å²) < 4.78 is 5.21. The fourth-order valence-corrected chi connectivity index (χ4v) is 2.51. The van der Waals surface area contributed by atoms with Crippen LogP contribution in [0, 0.1) is 6.92 Å². The average molecular weight is 311 g/mol. The number of nitrogens with one attached hydrogen (secondary N) is 1. The Balaban J connectivity index is 1.90. The summed E-state index contributed by atoms with van der Waals surface area (Å²) in [6.45, 7) is 3.02.